The zero-order chi connectivity index (χ0) is 12.3. The normalized spacial score (nSPS) is 10.3. The molecule has 0 aliphatic carbocycles. The third kappa shape index (κ3) is 3.73. The zero-order valence-corrected chi connectivity index (χ0v) is 10.8. The van der Waals surface area contributed by atoms with E-state index in [1.54, 1.807) is 30.3 Å². The summed E-state index contributed by atoms with van der Waals surface area (Å²) in [5.74, 6) is 0.583. The Morgan fingerprint density at radius 2 is 1.65 bits per heavy atom. The van der Waals surface area contributed by atoms with Crippen LogP contribution < -0.4 is 4.74 Å². The first-order chi connectivity index (χ1) is 8.13. The molecule has 1 aromatic carbocycles. The lowest BCUT2D eigenvalue weighted by Crippen LogP contribution is -1.99. The maximum atomic E-state index is 5.84. The highest BCUT2D eigenvalue weighted by molar-refractivity contribution is 6.34. The third-order valence-corrected chi connectivity index (χ3v) is 2.55. The second kappa shape index (κ2) is 5.54. The number of ether oxygens (including phenoxy) is 1. The third-order valence-electron chi connectivity index (χ3n) is 1.91. The molecule has 0 aliphatic heterocycles. The highest BCUT2D eigenvalue weighted by Crippen LogP contribution is 2.24. The lowest BCUT2D eigenvalue weighted by Gasteiger charge is -2.06. The molecule has 17 heavy (non-hydrogen) atoms. The standard InChI is InChI=1S/C11H7Cl3N2O/c12-7-3-8(13)5-10(4-7)17-6-9-1-2-11(14)16-15-9/h1-5H,6H2. The first kappa shape index (κ1) is 12.4. The topological polar surface area (TPSA) is 35.0 Å². The van der Waals surface area contributed by atoms with Crippen LogP contribution in [0.1, 0.15) is 5.69 Å². The average molecular weight is 290 g/mol. The van der Waals surface area contributed by atoms with Crippen LogP contribution >= 0.6 is 34.8 Å². The quantitative estimate of drug-likeness (QED) is 0.856. The van der Waals surface area contributed by atoms with Crippen molar-refractivity contribution in [3.63, 3.8) is 0 Å². The van der Waals surface area contributed by atoms with Gasteiger partial charge in [-0.25, -0.2) is 0 Å². The summed E-state index contributed by atoms with van der Waals surface area (Å²) in [7, 11) is 0. The fourth-order valence-corrected chi connectivity index (χ4v) is 1.80. The van der Waals surface area contributed by atoms with Crippen LogP contribution in [-0.4, -0.2) is 10.2 Å². The minimum absolute atomic E-state index is 0.279. The van der Waals surface area contributed by atoms with Crippen molar-refractivity contribution in [3.8, 4) is 5.75 Å². The highest BCUT2D eigenvalue weighted by Gasteiger charge is 2.01. The molecule has 3 nitrogen and oxygen atoms in total. The van der Waals surface area contributed by atoms with Crippen molar-refractivity contribution >= 4 is 34.8 Å². The Kier molecular flexibility index (Phi) is 4.05. The van der Waals surface area contributed by atoms with E-state index in [0.29, 0.717) is 26.6 Å². The van der Waals surface area contributed by atoms with Crippen molar-refractivity contribution in [2.75, 3.05) is 0 Å². The second-order valence-corrected chi connectivity index (χ2v) is 4.50. The molecule has 0 unspecified atom stereocenters. The van der Waals surface area contributed by atoms with Crippen LogP contribution in [0.2, 0.25) is 15.2 Å². The second-order valence-electron chi connectivity index (χ2n) is 3.24. The van der Waals surface area contributed by atoms with Crippen molar-refractivity contribution in [1.82, 2.24) is 10.2 Å². The number of rotatable bonds is 3. The Balaban J connectivity index is 2.04. The van der Waals surface area contributed by atoms with E-state index in [4.69, 9.17) is 39.5 Å². The molecule has 0 bridgehead atoms. The van der Waals surface area contributed by atoms with Gasteiger partial charge in [0.2, 0.25) is 0 Å². The van der Waals surface area contributed by atoms with Gasteiger partial charge < -0.3 is 4.74 Å². The van der Waals surface area contributed by atoms with Crippen molar-refractivity contribution in [2.24, 2.45) is 0 Å². The van der Waals surface area contributed by atoms with Gasteiger partial charge in [-0.2, -0.15) is 5.10 Å². The molecule has 0 saturated heterocycles. The van der Waals surface area contributed by atoms with E-state index in [-0.39, 0.29) is 6.61 Å². The van der Waals surface area contributed by atoms with Gasteiger partial charge >= 0.3 is 0 Å². The lowest BCUT2D eigenvalue weighted by atomic mass is 10.3. The predicted molar refractivity (Wildman–Crippen MR) is 67.8 cm³/mol. The van der Waals surface area contributed by atoms with Crippen LogP contribution in [-0.2, 0) is 6.61 Å². The maximum Gasteiger partial charge on any atom is 0.151 e. The Morgan fingerprint density at radius 3 is 2.24 bits per heavy atom. The van der Waals surface area contributed by atoms with Crippen LogP contribution in [0.25, 0.3) is 0 Å². The van der Waals surface area contributed by atoms with E-state index in [1.165, 1.54) is 0 Å². The van der Waals surface area contributed by atoms with Crippen LogP contribution in [0.3, 0.4) is 0 Å². The Labute approximate surface area is 113 Å². The summed E-state index contributed by atoms with van der Waals surface area (Å²) in [6.07, 6.45) is 0. The number of hydrogen-bond acceptors (Lipinski definition) is 3. The van der Waals surface area contributed by atoms with Gasteiger partial charge in [-0.1, -0.05) is 34.8 Å². The Bertz CT molecular complexity index is 496. The van der Waals surface area contributed by atoms with Gasteiger partial charge in [0.05, 0.1) is 0 Å². The molecule has 2 rings (SSSR count). The van der Waals surface area contributed by atoms with E-state index in [2.05, 4.69) is 10.2 Å². The molecule has 0 aliphatic rings. The molecule has 0 fully saturated rings. The molecule has 2 aromatic rings. The summed E-state index contributed by atoms with van der Waals surface area (Å²) in [4.78, 5) is 0. The zero-order valence-electron chi connectivity index (χ0n) is 8.53. The minimum atomic E-state index is 0.279. The van der Waals surface area contributed by atoms with Crippen molar-refractivity contribution in [3.05, 3.63) is 51.2 Å². The van der Waals surface area contributed by atoms with Crippen molar-refractivity contribution in [1.29, 1.82) is 0 Å². The van der Waals surface area contributed by atoms with E-state index >= 15 is 0 Å². The first-order valence-electron chi connectivity index (χ1n) is 4.70. The number of benzene rings is 1. The Hall–Kier alpha value is -1.03. The number of nitrogens with zero attached hydrogens (tertiary/aromatic N) is 2. The van der Waals surface area contributed by atoms with Crippen molar-refractivity contribution in [2.45, 2.75) is 6.61 Å². The molecular formula is C11H7Cl3N2O. The largest absolute Gasteiger partial charge is 0.487 e. The monoisotopic (exact) mass is 288 g/mol. The summed E-state index contributed by atoms with van der Waals surface area (Å²) in [5, 5.41) is 8.97. The Morgan fingerprint density at radius 1 is 0.941 bits per heavy atom. The molecule has 0 saturated carbocycles. The first-order valence-corrected chi connectivity index (χ1v) is 5.84. The smallest absolute Gasteiger partial charge is 0.151 e. The van der Waals surface area contributed by atoms with Gasteiger partial charge in [-0.3, -0.25) is 0 Å². The highest BCUT2D eigenvalue weighted by atomic mass is 35.5. The summed E-state index contributed by atoms with van der Waals surface area (Å²) < 4.78 is 5.48. The van der Waals surface area contributed by atoms with Crippen LogP contribution in [0, 0.1) is 0 Å². The molecule has 88 valence electrons. The summed E-state index contributed by atoms with van der Waals surface area (Å²) >= 11 is 17.3. The van der Waals surface area contributed by atoms with Crippen LogP contribution in [0.15, 0.2) is 30.3 Å². The van der Waals surface area contributed by atoms with Crippen molar-refractivity contribution < 1.29 is 4.74 Å². The molecule has 0 N–H and O–H groups in total. The lowest BCUT2D eigenvalue weighted by molar-refractivity contribution is 0.300. The molecule has 0 atom stereocenters. The van der Waals surface area contributed by atoms with Gasteiger partial charge in [0.1, 0.15) is 18.1 Å². The molecule has 1 aromatic heterocycles. The average Bonchev–Trinajstić information content (AvgIpc) is 2.27. The molecule has 1 heterocycles. The SMILES string of the molecule is Clc1cc(Cl)cc(OCc2ccc(Cl)nn2)c1. The van der Waals surface area contributed by atoms with E-state index in [1.807, 2.05) is 0 Å². The molecule has 6 heteroatoms. The summed E-state index contributed by atoms with van der Waals surface area (Å²) in [5.41, 5.74) is 0.672. The number of halogens is 3. The van der Waals surface area contributed by atoms with Gasteiger partial charge in [-0.15, -0.1) is 5.10 Å². The summed E-state index contributed by atoms with van der Waals surface area (Å²) in [6.45, 7) is 0.279. The molecule has 0 spiro atoms. The van der Waals surface area contributed by atoms with E-state index in [9.17, 15) is 0 Å². The van der Waals surface area contributed by atoms with Crippen LogP contribution in [0.5, 0.6) is 5.75 Å². The van der Waals surface area contributed by atoms with Gasteiger partial charge in [0.15, 0.2) is 5.15 Å². The molecule has 0 radical (unpaired) electrons. The number of aromatic nitrogens is 2. The van der Waals surface area contributed by atoms with Gasteiger partial charge in [0, 0.05) is 10.0 Å². The maximum absolute atomic E-state index is 5.84. The fraction of sp³-hybridized carbons (Fsp3) is 0.0909. The minimum Gasteiger partial charge on any atom is -0.487 e. The molecular weight excluding hydrogens is 282 g/mol. The predicted octanol–water partition coefficient (Wildman–Crippen LogP) is 4.02. The van der Waals surface area contributed by atoms with Gasteiger partial charge in [0.25, 0.3) is 0 Å². The number of hydrogen-bond donors (Lipinski definition) is 0. The van der Waals surface area contributed by atoms with Gasteiger partial charge in [-0.05, 0) is 30.3 Å². The van der Waals surface area contributed by atoms with Crippen LogP contribution in [0.4, 0.5) is 0 Å². The fourth-order valence-electron chi connectivity index (χ4n) is 1.19. The van der Waals surface area contributed by atoms with E-state index < -0.39 is 0 Å². The van der Waals surface area contributed by atoms with E-state index in [0.717, 1.165) is 0 Å². The summed E-state index contributed by atoms with van der Waals surface area (Å²) in [6, 6.07) is 8.38. The molecule has 0 amide bonds.